The lowest BCUT2D eigenvalue weighted by Gasteiger charge is -2.38. The maximum absolute atomic E-state index is 6.43. The van der Waals surface area contributed by atoms with Gasteiger partial charge in [0.15, 0.2) is 8.32 Å². The van der Waals surface area contributed by atoms with Crippen molar-refractivity contribution in [2.75, 3.05) is 0 Å². The molecular formula is C16H27NOSSi. The molecular weight excluding hydrogens is 282 g/mol. The minimum absolute atomic E-state index is 0.0930. The van der Waals surface area contributed by atoms with Gasteiger partial charge in [-0.25, -0.2) is 4.98 Å². The molecule has 0 aliphatic rings. The van der Waals surface area contributed by atoms with Crippen molar-refractivity contribution in [2.24, 2.45) is 0 Å². The van der Waals surface area contributed by atoms with Crippen LogP contribution in [0.4, 0.5) is 0 Å². The van der Waals surface area contributed by atoms with Gasteiger partial charge >= 0.3 is 0 Å². The molecule has 1 aromatic rings. The first kappa shape index (κ1) is 17.3. The van der Waals surface area contributed by atoms with Crippen LogP contribution in [0.1, 0.15) is 37.9 Å². The van der Waals surface area contributed by atoms with Crippen molar-refractivity contribution in [3.8, 4) is 0 Å². The van der Waals surface area contributed by atoms with Crippen LogP contribution in [-0.4, -0.2) is 19.4 Å². The van der Waals surface area contributed by atoms with E-state index in [1.54, 1.807) is 11.3 Å². The number of aromatic nitrogens is 1. The molecule has 4 heteroatoms. The maximum Gasteiger partial charge on any atom is 0.192 e. The molecule has 1 atom stereocenters. The number of aryl methyl sites for hydroxylation is 1. The Morgan fingerprint density at radius 1 is 1.45 bits per heavy atom. The van der Waals surface area contributed by atoms with Gasteiger partial charge in [0.05, 0.1) is 16.8 Å². The van der Waals surface area contributed by atoms with Crippen LogP contribution in [0.3, 0.4) is 0 Å². The van der Waals surface area contributed by atoms with Crippen LogP contribution in [0.5, 0.6) is 0 Å². The highest BCUT2D eigenvalue weighted by Crippen LogP contribution is 2.37. The molecule has 0 saturated heterocycles. The summed E-state index contributed by atoms with van der Waals surface area (Å²) in [7, 11) is -1.76. The highest BCUT2D eigenvalue weighted by Gasteiger charge is 2.38. The second-order valence-electron chi connectivity index (χ2n) is 6.59. The molecule has 0 spiro atoms. The zero-order valence-electron chi connectivity index (χ0n) is 13.6. The fourth-order valence-corrected chi connectivity index (χ4v) is 3.41. The summed E-state index contributed by atoms with van der Waals surface area (Å²) in [5.41, 5.74) is 1.01. The van der Waals surface area contributed by atoms with Gasteiger partial charge < -0.3 is 4.43 Å². The van der Waals surface area contributed by atoms with Crippen molar-refractivity contribution < 1.29 is 4.43 Å². The summed E-state index contributed by atoms with van der Waals surface area (Å²) in [5, 5.41) is 3.39. The van der Waals surface area contributed by atoms with E-state index in [1.165, 1.54) is 0 Å². The van der Waals surface area contributed by atoms with E-state index in [1.807, 2.05) is 13.0 Å². The molecule has 1 heterocycles. The topological polar surface area (TPSA) is 22.1 Å². The highest BCUT2D eigenvalue weighted by atomic mass is 32.1. The van der Waals surface area contributed by atoms with Crippen LogP contribution in [0.15, 0.2) is 24.1 Å². The molecule has 1 aromatic heterocycles. The van der Waals surface area contributed by atoms with Gasteiger partial charge in [-0.05, 0) is 37.6 Å². The van der Waals surface area contributed by atoms with E-state index < -0.39 is 8.32 Å². The highest BCUT2D eigenvalue weighted by molar-refractivity contribution is 7.09. The Bertz CT molecular complexity index is 471. The number of nitrogens with zero attached hydrogens (tertiary/aromatic N) is 1. The number of hydrogen-bond donors (Lipinski definition) is 0. The molecule has 0 fully saturated rings. The summed E-state index contributed by atoms with van der Waals surface area (Å²) in [6, 6.07) is 0. The molecule has 0 bridgehead atoms. The summed E-state index contributed by atoms with van der Waals surface area (Å²) in [6.45, 7) is 17.2. The second kappa shape index (κ2) is 6.83. The van der Waals surface area contributed by atoms with Crippen molar-refractivity contribution in [3.63, 3.8) is 0 Å². The van der Waals surface area contributed by atoms with Crippen LogP contribution in [-0.2, 0) is 4.43 Å². The average Bonchev–Trinajstić information content (AvgIpc) is 2.70. The first-order valence-electron chi connectivity index (χ1n) is 7.05. The lowest BCUT2D eigenvalue weighted by Crippen LogP contribution is -2.43. The smallest absolute Gasteiger partial charge is 0.192 e. The number of thiazole rings is 1. The number of rotatable bonds is 6. The average molecular weight is 310 g/mol. The predicted octanol–water partition coefficient (Wildman–Crippen LogP) is 5.43. The standard InChI is InChI=1S/C16H27NOSSi/c1-8-9-15(18-20(6,7)16(3,4)5)11-10-14-12-19-13(2)17-14/h8,10-12,15H,1,9H2,2-7H3/b11-10+/t15-/m0/s1. The van der Waals surface area contributed by atoms with Crippen LogP contribution in [0.25, 0.3) is 6.08 Å². The van der Waals surface area contributed by atoms with Gasteiger partial charge in [-0.1, -0.05) is 32.9 Å². The van der Waals surface area contributed by atoms with Crippen molar-refractivity contribution in [1.82, 2.24) is 4.98 Å². The molecule has 0 radical (unpaired) electrons. The normalized spacial score (nSPS) is 14.7. The molecule has 0 N–H and O–H groups in total. The summed E-state index contributed by atoms with van der Waals surface area (Å²) in [6.07, 6.45) is 7.04. The predicted molar refractivity (Wildman–Crippen MR) is 92.8 cm³/mol. The molecule has 0 unspecified atom stereocenters. The summed E-state index contributed by atoms with van der Waals surface area (Å²) in [5.74, 6) is 0. The summed E-state index contributed by atoms with van der Waals surface area (Å²) >= 11 is 1.67. The zero-order chi connectivity index (χ0) is 15.4. The Hall–Kier alpha value is -0.713. The van der Waals surface area contributed by atoms with Crippen molar-refractivity contribution in [3.05, 3.63) is 34.8 Å². The fraction of sp³-hybridized carbons (Fsp3) is 0.562. The molecule has 0 aliphatic carbocycles. The van der Waals surface area contributed by atoms with Crippen molar-refractivity contribution in [2.45, 2.75) is 58.4 Å². The molecule has 2 nitrogen and oxygen atoms in total. The molecule has 0 saturated carbocycles. The van der Waals surface area contributed by atoms with E-state index in [4.69, 9.17) is 4.43 Å². The molecule has 0 aliphatic heterocycles. The lowest BCUT2D eigenvalue weighted by atomic mass is 10.2. The van der Waals surface area contributed by atoms with Crippen LogP contribution >= 0.6 is 11.3 Å². The van der Waals surface area contributed by atoms with Gasteiger partial charge in [-0.15, -0.1) is 17.9 Å². The Morgan fingerprint density at radius 2 is 2.10 bits per heavy atom. The molecule has 0 amide bonds. The SMILES string of the molecule is C=CC[C@@H](/C=C/c1csc(C)n1)O[Si](C)(C)C(C)(C)C. The zero-order valence-corrected chi connectivity index (χ0v) is 15.4. The van der Waals surface area contributed by atoms with Gasteiger partial charge in [0.2, 0.25) is 0 Å². The maximum atomic E-state index is 6.43. The van der Waals surface area contributed by atoms with Gasteiger partial charge in [0.25, 0.3) is 0 Å². The third-order valence-corrected chi connectivity index (χ3v) is 9.07. The monoisotopic (exact) mass is 309 g/mol. The first-order valence-corrected chi connectivity index (χ1v) is 10.8. The van der Waals surface area contributed by atoms with E-state index in [2.05, 4.69) is 63.0 Å². The minimum Gasteiger partial charge on any atom is -0.410 e. The largest absolute Gasteiger partial charge is 0.410 e. The Kier molecular flexibility index (Phi) is 5.92. The van der Waals surface area contributed by atoms with Crippen molar-refractivity contribution >= 4 is 25.7 Å². The fourth-order valence-electron chi connectivity index (χ4n) is 1.55. The molecule has 20 heavy (non-hydrogen) atoms. The Morgan fingerprint density at radius 3 is 2.55 bits per heavy atom. The number of hydrogen-bond acceptors (Lipinski definition) is 3. The van der Waals surface area contributed by atoms with E-state index in [9.17, 15) is 0 Å². The quantitative estimate of drug-likeness (QED) is 0.516. The van der Waals surface area contributed by atoms with Crippen LogP contribution < -0.4 is 0 Å². The van der Waals surface area contributed by atoms with Gasteiger partial charge in [-0.2, -0.15) is 0 Å². The minimum atomic E-state index is -1.76. The molecule has 0 aromatic carbocycles. The van der Waals surface area contributed by atoms with Crippen LogP contribution in [0.2, 0.25) is 18.1 Å². The van der Waals surface area contributed by atoms with E-state index in [0.717, 1.165) is 17.1 Å². The summed E-state index contributed by atoms with van der Waals surface area (Å²) in [4.78, 5) is 4.45. The molecule has 112 valence electrons. The molecule has 1 rings (SSSR count). The Balaban J connectivity index is 2.79. The van der Waals surface area contributed by atoms with Gasteiger partial charge in [0, 0.05) is 5.38 Å². The first-order chi connectivity index (χ1) is 9.15. The van der Waals surface area contributed by atoms with Gasteiger partial charge in [-0.3, -0.25) is 0 Å². The lowest BCUT2D eigenvalue weighted by molar-refractivity contribution is 0.229. The van der Waals surface area contributed by atoms with E-state index >= 15 is 0 Å². The third kappa shape index (κ3) is 5.00. The summed E-state index contributed by atoms with van der Waals surface area (Å²) < 4.78 is 6.43. The second-order valence-corrected chi connectivity index (χ2v) is 12.4. The Labute approximate surface area is 128 Å². The van der Waals surface area contributed by atoms with Crippen molar-refractivity contribution in [1.29, 1.82) is 0 Å². The van der Waals surface area contributed by atoms with Gasteiger partial charge in [0.1, 0.15) is 0 Å². The van der Waals surface area contributed by atoms with E-state index in [-0.39, 0.29) is 11.1 Å². The van der Waals surface area contributed by atoms with E-state index in [0.29, 0.717) is 0 Å². The third-order valence-electron chi connectivity index (χ3n) is 3.77. The van der Waals surface area contributed by atoms with Crippen LogP contribution in [0, 0.1) is 6.92 Å².